The lowest BCUT2D eigenvalue weighted by molar-refractivity contribution is 0.352. The van der Waals surface area contributed by atoms with Gasteiger partial charge in [-0.1, -0.05) is 48.0 Å². The molecule has 94 valence electrons. The Morgan fingerprint density at radius 2 is 2.00 bits per heavy atom. The second-order valence-electron chi connectivity index (χ2n) is 4.48. The lowest BCUT2D eigenvalue weighted by Crippen LogP contribution is -2.02. The molecular formula is C15H21BrO. The molecule has 1 nitrogen and oxygen atoms in total. The van der Waals surface area contributed by atoms with Gasteiger partial charge >= 0.3 is 0 Å². The van der Waals surface area contributed by atoms with Gasteiger partial charge in [0.2, 0.25) is 0 Å². The molecule has 0 amide bonds. The number of hydrogen-bond acceptors (Lipinski definition) is 1. The zero-order valence-corrected chi connectivity index (χ0v) is 12.3. The van der Waals surface area contributed by atoms with Gasteiger partial charge in [-0.05, 0) is 43.0 Å². The van der Waals surface area contributed by atoms with Crippen molar-refractivity contribution in [3.63, 3.8) is 0 Å². The van der Waals surface area contributed by atoms with Crippen LogP contribution in [-0.4, -0.2) is 11.4 Å². The summed E-state index contributed by atoms with van der Waals surface area (Å²) in [5, 5.41) is 0. The molecule has 1 rings (SSSR count). The first kappa shape index (κ1) is 14.3. The molecular weight excluding hydrogens is 276 g/mol. The number of alkyl halides is 1. The van der Waals surface area contributed by atoms with Crippen molar-refractivity contribution in [2.45, 2.75) is 37.9 Å². The van der Waals surface area contributed by atoms with E-state index >= 15 is 0 Å². The molecule has 0 aliphatic heterocycles. The Morgan fingerprint density at radius 3 is 2.53 bits per heavy atom. The molecule has 0 heterocycles. The van der Waals surface area contributed by atoms with E-state index in [2.05, 4.69) is 41.6 Å². The highest BCUT2D eigenvalue weighted by molar-refractivity contribution is 9.09. The topological polar surface area (TPSA) is 9.23 Å². The van der Waals surface area contributed by atoms with E-state index in [1.54, 1.807) is 0 Å². The van der Waals surface area contributed by atoms with E-state index in [0.29, 0.717) is 11.4 Å². The number of ether oxygens (including phenoxy) is 1. The fourth-order valence-electron chi connectivity index (χ4n) is 1.60. The third kappa shape index (κ3) is 5.92. The SMILES string of the molecule is C=C(C)COc1ccc(CC(Br)CCC)cc1. The molecule has 0 saturated carbocycles. The maximum atomic E-state index is 5.56. The molecule has 1 unspecified atom stereocenters. The van der Waals surface area contributed by atoms with Crippen LogP contribution in [0.3, 0.4) is 0 Å². The Kier molecular flexibility index (Phi) is 6.35. The molecule has 2 heteroatoms. The Morgan fingerprint density at radius 1 is 1.35 bits per heavy atom. The third-order valence-corrected chi connectivity index (χ3v) is 3.25. The lowest BCUT2D eigenvalue weighted by Gasteiger charge is -2.10. The van der Waals surface area contributed by atoms with Crippen molar-refractivity contribution in [1.82, 2.24) is 0 Å². The van der Waals surface area contributed by atoms with Crippen LogP contribution in [-0.2, 0) is 6.42 Å². The molecule has 1 aromatic rings. The Bertz CT molecular complexity index is 342. The average Bonchev–Trinajstić information content (AvgIpc) is 2.28. The van der Waals surface area contributed by atoms with Gasteiger partial charge in [0.15, 0.2) is 0 Å². The maximum absolute atomic E-state index is 5.56. The first-order valence-electron chi connectivity index (χ1n) is 6.12. The van der Waals surface area contributed by atoms with Gasteiger partial charge in [-0.3, -0.25) is 0 Å². The van der Waals surface area contributed by atoms with E-state index in [-0.39, 0.29) is 0 Å². The number of benzene rings is 1. The van der Waals surface area contributed by atoms with Gasteiger partial charge in [-0.15, -0.1) is 0 Å². The van der Waals surface area contributed by atoms with Crippen LogP contribution < -0.4 is 4.74 Å². The summed E-state index contributed by atoms with van der Waals surface area (Å²) in [6.07, 6.45) is 3.51. The van der Waals surface area contributed by atoms with Gasteiger partial charge in [0.1, 0.15) is 12.4 Å². The Hall–Kier alpha value is -0.760. The molecule has 17 heavy (non-hydrogen) atoms. The van der Waals surface area contributed by atoms with Crippen LogP contribution in [0.1, 0.15) is 32.3 Å². The summed E-state index contributed by atoms with van der Waals surface area (Å²) in [4.78, 5) is 0.578. The molecule has 0 spiro atoms. The van der Waals surface area contributed by atoms with E-state index in [1.807, 2.05) is 19.1 Å². The minimum absolute atomic E-state index is 0.578. The molecule has 1 aromatic carbocycles. The van der Waals surface area contributed by atoms with Crippen molar-refractivity contribution in [2.75, 3.05) is 6.61 Å². The van der Waals surface area contributed by atoms with Crippen molar-refractivity contribution in [2.24, 2.45) is 0 Å². The van der Waals surface area contributed by atoms with E-state index in [1.165, 1.54) is 18.4 Å². The Labute approximate surface area is 113 Å². The normalized spacial score (nSPS) is 12.2. The monoisotopic (exact) mass is 296 g/mol. The highest BCUT2D eigenvalue weighted by Crippen LogP contribution is 2.18. The van der Waals surface area contributed by atoms with Crippen molar-refractivity contribution in [3.8, 4) is 5.75 Å². The van der Waals surface area contributed by atoms with E-state index in [0.717, 1.165) is 17.7 Å². The predicted molar refractivity (Wildman–Crippen MR) is 78.1 cm³/mol. The molecule has 0 aliphatic carbocycles. The van der Waals surface area contributed by atoms with Crippen molar-refractivity contribution in [3.05, 3.63) is 42.0 Å². The van der Waals surface area contributed by atoms with Gasteiger partial charge in [0.25, 0.3) is 0 Å². The van der Waals surface area contributed by atoms with Crippen molar-refractivity contribution in [1.29, 1.82) is 0 Å². The van der Waals surface area contributed by atoms with Crippen LogP contribution in [0.4, 0.5) is 0 Å². The number of hydrogen-bond donors (Lipinski definition) is 0. The fraction of sp³-hybridized carbons (Fsp3) is 0.467. The van der Waals surface area contributed by atoms with E-state index in [4.69, 9.17) is 4.74 Å². The zero-order valence-electron chi connectivity index (χ0n) is 10.7. The van der Waals surface area contributed by atoms with E-state index in [9.17, 15) is 0 Å². The second kappa shape index (κ2) is 7.54. The summed E-state index contributed by atoms with van der Waals surface area (Å²) in [6.45, 7) is 8.59. The van der Waals surface area contributed by atoms with Crippen molar-refractivity contribution < 1.29 is 4.74 Å². The maximum Gasteiger partial charge on any atom is 0.119 e. The van der Waals surface area contributed by atoms with Crippen LogP contribution in [0.25, 0.3) is 0 Å². The molecule has 0 N–H and O–H groups in total. The summed E-state index contributed by atoms with van der Waals surface area (Å²) in [6, 6.07) is 8.34. The minimum atomic E-state index is 0.578. The highest BCUT2D eigenvalue weighted by Gasteiger charge is 2.04. The summed E-state index contributed by atoms with van der Waals surface area (Å²) < 4.78 is 5.56. The minimum Gasteiger partial charge on any atom is -0.489 e. The lowest BCUT2D eigenvalue weighted by atomic mass is 10.1. The van der Waals surface area contributed by atoms with Gasteiger partial charge in [-0.2, -0.15) is 0 Å². The largest absolute Gasteiger partial charge is 0.489 e. The van der Waals surface area contributed by atoms with Gasteiger partial charge in [0, 0.05) is 4.83 Å². The number of halogens is 1. The summed E-state index contributed by atoms with van der Waals surface area (Å²) in [7, 11) is 0. The molecule has 0 fully saturated rings. The van der Waals surface area contributed by atoms with Gasteiger partial charge < -0.3 is 4.74 Å². The molecule has 0 radical (unpaired) electrons. The molecule has 0 bridgehead atoms. The summed E-state index contributed by atoms with van der Waals surface area (Å²) in [5.41, 5.74) is 2.39. The first-order chi connectivity index (χ1) is 8.11. The first-order valence-corrected chi connectivity index (χ1v) is 7.03. The Balaban J connectivity index is 2.47. The number of rotatable bonds is 7. The fourth-order valence-corrected chi connectivity index (χ4v) is 2.43. The van der Waals surface area contributed by atoms with Crippen LogP contribution >= 0.6 is 15.9 Å². The van der Waals surface area contributed by atoms with Crippen molar-refractivity contribution >= 4 is 15.9 Å². The molecule has 0 aromatic heterocycles. The molecule has 1 atom stereocenters. The van der Waals surface area contributed by atoms with E-state index < -0.39 is 0 Å². The molecule has 0 aliphatic rings. The van der Waals surface area contributed by atoms with Crippen LogP contribution in [0, 0.1) is 0 Å². The highest BCUT2D eigenvalue weighted by atomic mass is 79.9. The van der Waals surface area contributed by atoms with Crippen LogP contribution in [0.5, 0.6) is 5.75 Å². The standard InChI is InChI=1S/C15H21BrO/c1-4-5-14(16)10-13-6-8-15(9-7-13)17-11-12(2)3/h6-9,14H,2,4-5,10-11H2,1,3H3. The summed E-state index contributed by atoms with van der Waals surface area (Å²) in [5.74, 6) is 0.915. The summed E-state index contributed by atoms with van der Waals surface area (Å²) >= 11 is 3.70. The van der Waals surface area contributed by atoms with Crippen LogP contribution in [0.2, 0.25) is 0 Å². The van der Waals surface area contributed by atoms with Gasteiger partial charge in [-0.25, -0.2) is 0 Å². The third-order valence-electron chi connectivity index (χ3n) is 2.47. The van der Waals surface area contributed by atoms with Crippen LogP contribution in [0.15, 0.2) is 36.4 Å². The predicted octanol–water partition coefficient (Wildman–Crippen LogP) is 4.75. The smallest absolute Gasteiger partial charge is 0.119 e. The zero-order chi connectivity index (χ0) is 12.7. The van der Waals surface area contributed by atoms with Gasteiger partial charge in [0.05, 0.1) is 0 Å². The second-order valence-corrected chi connectivity index (χ2v) is 5.77. The molecule has 0 saturated heterocycles. The average molecular weight is 297 g/mol. The quantitative estimate of drug-likeness (QED) is 0.521.